The number of aryl methyl sites for hydroxylation is 1. The second-order valence-electron chi connectivity index (χ2n) is 5.35. The molecule has 20 heavy (non-hydrogen) atoms. The van der Waals surface area contributed by atoms with Gasteiger partial charge >= 0.3 is 0 Å². The molecule has 0 amide bonds. The van der Waals surface area contributed by atoms with Crippen LogP contribution in [-0.4, -0.2) is 13.1 Å². The Morgan fingerprint density at radius 2 is 1.80 bits per heavy atom. The van der Waals surface area contributed by atoms with Crippen molar-refractivity contribution < 1.29 is 4.39 Å². The van der Waals surface area contributed by atoms with Crippen molar-refractivity contribution in [2.45, 2.75) is 26.3 Å². The summed E-state index contributed by atoms with van der Waals surface area (Å²) >= 11 is 0. The van der Waals surface area contributed by atoms with E-state index < -0.39 is 0 Å². The van der Waals surface area contributed by atoms with Gasteiger partial charge in [-0.2, -0.15) is 0 Å². The number of benzene rings is 2. The number of hydrogen-bond acceptors (Lipinski definition) is 2. The van der Waals surface area contributed by atoms with Gasteiger partial charge in [0.2, 0.25) is 0 Å². The number of rotatable bonds is 4. The topological polar surface area (TPSA) is 29.3 Å². The molecule has 0 aliphatic rings. The van der Waals surface area contributed by atoms with Crippen molar-refractivity contribution in [2.75, 3.05) is 11.9 Å². The van der Waals surface area contributed by atoms with Crippen LogP contribution in [0.15, 0.2) is 42.5 Å². The van der Waals surface area contributed by atoms with Crippen LogP contribution in [0.5, 0.6) is 0 Å². The Hall–Kier alpha value is -1.87. The molecule has 0 heterocycles. The zero-order chi connectivity index (χ0) is 14.7. The minimum atomic E-state index is -0.221. The molecule has 0 aliphatic carbocycles. The van der Waals surface area contributed by atoms with Gasteiger partial charge in [-0.25, -0.2) is 4.39 Å². The van der Waals surface area contributed by atoms with E-state index in [2.05, 4.69) is 36.1 Å². The third kappa shape index (κ3) is 3.36. The Morgan fingerprint density at radius 1 is 1.15 bits per heavy atom. The molecule has 2 aromatic carbocycles. The summed E-state index contributed by atoms with van der Waals surface area (Å²) in [7, 11) is 1.99. The van der Waals surface area contributed by atoms with E-state index in [-0.39, 0.29) is 11.9 Å². The number of nitrogens with zero attached hydrogens (tertiary/aromatic N) is 1. The highest BCUT2D eigenvalue weighted by atomic mass is 19.1. The highest BCUT2D eigenvalue weighted by Gasteiger charge is 2.11. The standard InChI is InChI=1S/C17H21FN2/c1-12-4-7-16(8-5-12)20(3)17-9-6-15(18)11-14(17)10-13(2)19/h4-9,11,13H,10,19H2,1-3H3. The average Bonchev–Trinajstić information content (AvgIpc) is 2.38. The highest BCUT2D eigenvalue weighted by Crippen LogP contribution is 2.28. The Labute approximate surface area is 120 Å². The molecule has 2 N–H and O–H groups in total. The molecule has 2 nitrogen and oxygen atoms in total. The molecule has 0 radical (unpaired) electrons. The van der Waals surface area contributed by atoms with Crippen LogP contribution in [0.3, 0.4) is 0 Å². The van der Waals surface area contributed by atoms with Gasteiger partial charge in [-0.1, -0.05) is 17.7 Å². The van der Waals surface area contributed by atoms with Gasteiger partial charge in [0.1, 0.15) is 5.82 Å². The largest absolute Gasteiger partial charge is 0.344 e. The van der Waals surface area contributed by atoms with Crippen LogP contribution in [-0.2, 0) is 6.42 Å². The van der Waals surface area contributed by atoms with Gasteiger partial charge in [-0.15, -0.1) is 0 Å². The van der Waals surface area contributed by atoms with Crippen molar-refractivity contribution in [1.29, 1.82) is 0 Å². The lowest BCUT2D eigenvalue weighted by atomic mass is 10.0. The molecular formula is C17H21FN2. The van der Waals surface area contributed by atoms with E-state index in [4.69, 9.17) is 5.73 Å². The average molecular weight is 272 g/mol. The quantitative estimate of drug-likeness (QED) is 0.917. The molecular weight excluding hydrogens is 251 g/mol. The first-order valence-corrected chi connectivity index (χ1v) is 6.82. The van der Waals surface area contributed by atoms with E-state index in [1.807, 2.05) is 20.0 Å². The van der Waals surface area contributed by atoms with Gasteiger partial charge < -0.3 is 10.6 Å². The minimum absolute atomic E-state index is 0.00182. The third-order valence-electron chi connectivity index (χ3n) is 3.37. The van der Waals surface area contributed by atoms with E-state index in [0.717, 1.165) is 16.9 Å². The molecule has 2 aromatic rings. The molecule has 0 bridgehead atoms. The molecule has 1 atom stereocenters. The Balaban J connectivity index is 2.37. The van der Waals surface area contributed by atoms with Gasteiger partial charge in [0, 0.05) is 24.5 Å². The first-order chi connectivity index (χ1) is 9.47. The molecule has 1 unspecified atom stereocenters. The minimum Gasteiger partial charge on any atom is -0.344 e. The van der Waals surface area contributed by atoms with Crippen molar-refractivity contribution in [3.8, 4) is 0 Å². The normalized spacial score (nSPS) is 12.2. The Kier molecular flexibility index (Phi) is 4.40. The van der Waals surface area contributed by atoms with E-state index in [0.29, 0.717) is 6.42 Å². The third-order valence-corrected chi connectivity index (χ3v) is 3.37. The summed E-state index contributed by atoms with van der Waals surface area (Å²) in [5, 5.41) is 0. The monoisotopic (exact) mass is 272 g/mol. The predicted octanol–water partition coefficient (Wildman–Crippen LogP) is 3.79. The summed E-state index contributed by atoms with van der Waals surface area (Å²) in [6, 6.07) is 13.1. The predicted molar refractivity (Wildman–Crippen MR) is 83.0 cm³/mol. The lowest BCUT2D eigenvalue weighted by Gasteiger charge is -2.23. The lowest BCUT2D eigenvalue weighted by molar-refractivity contribution is 0.623. The fourth-order valence-electron chi connectivity index (χ4n) is 2.30. The van der Waals surface area contributed by atoms with Crippen molar-refractivity contribution in [3.05, 3.63) is 59.4 Å². The van der Waals surface area contributed by atoms with Crippen LogP contribution in [0.2, 0.25) is 0 Å². The highest BCUT2D eigenvalue weighted by molar-refractivity contribution is 5.66. The maximum absolute atomic E-state index is 13.5. The van der Waals surface area contributed by atoms with Crippen LogP contribution in [0.1, 0.15) is 18.1 Å². The second kappa shape index (κ2) is 6.06. The van der Waals surface area contributed by atoms with Gasteiger partial charge in [0.15, 0.2) is 0 Å². The van der Waals surface area contributed by atoms with Crippen molar-refractivity contribution >= 4 is 11.4 Å². The zero-order valence-electron chi connectivity index (χ0n) is 12.2. The smallest absolute Gasteiger partial charge is 0.123 e. The molecule has 0 spiro atoms. The maximum atomic E-state index is 13.5. The molecule has 2 rings (SSSR count). The lowest BCUT2D eigenvalue weighted by Crippen LogP contribution is -2.20. The number of hydrogen-bond donors (Lipinski definition) is 1. The van der Waals surface area contributed by atoms with Crippen LogP contribution >= 0.6 is 0 Å². The molecule has 0 aromatic heterocycles. The summed E-state index contributed by atoms with van der Waals surface area (Å²) in [4.78, 5) is 2.07. The number of halogens is 1. The Bertz CT molecular complexity index is 576. The van der Waals surface area contributed by atoms with Gasteiger partial charge in [-0.05, 0) is 56.2 Å². The molecule has 0 fully saturated rings. The van der Waals surface area contributed by atoms with Crippen molar-refractivity contribution in [2.24, 2.45) is 5.73 Å². The van der Waals surface area contributed by atoms with Crippen LogP contribution in [0, 0.1) is 12.7 Å². The number of anilines is 2. The SMILES string of the molecule is Cc1ccc(N(C)c2ccc(F)cc2CC(C)N)cc1. The first kappa shape index (κ1) is 14.5. The summed E-state index contributed by atoms with van der Waals surface area (Å²) in [6.45, 7) is 3.99. The molecule has 0 saturated carbocycles. The summed E-state index contributed by atoms with van der Waals surface area (Å²) in [6.07, 6.45) is 0.656. The molecule has 3 heteroatoms. The summed E-state index contributed by atoms with van der Waals surface area (Å²) in [5.41, 5.74) is 10.1. The second-order valence-corrected chi connectivity index (χ2v) is 5.35. The van der Waals surface area contributed by atoms with Crippen LogP contribution in [0.4, 0.5) is 15.8 Å². The van der Waals surface area contributed by atoms with Gasteiger partial charge in [0.05, 0.1) is 0 Å². The first-order valence-electron chi connectivity index (χ1n) is 6.82. The van der Waals surface area contributed by atoms with E-state index in [1.165, 1.54) is 11.6 Å². The molecule has 0 aliphatic heterocycles. The summed E-state index contributed by atoms with van der Waals surface area (Å²) in [5.74, 6) is -0.221. The van der Waals surface area contributed by atoms with Crippen molar-refractivity contribution in [1.82, 2.24) is 0 Å². The number of nitrogens with two attached hydrogens (primary N) is 1. The van der Waals surface area contributed by atoms with E-state index in [9.17, 15) is 4.39 Å². The van der Waals surface area contributed by atoms with E-state index >= 15 is 0 Å². The zero-order valence-corrected chi connectivity index (χ0v) is 12.2. The van der Waals surface area contributed by atoms with E-state index in [1.54, 1.807) is 6.07 Å². The fraction of sp³-hybridized carbons (Fsp3) is 0.294. The van der Waals surface area contributed by atoms with Crippen LogP contribution < -0.4 is 10.6 Å². The summed E-state index contributed by atoms with van der Waals surface area (Å²) < 4.78 is 13.5. The Morgan fingerprint density at radius 3 is 2.40 bits per heavy atom. The van der Waals surface area contributed by atoms with Crippen LogP contribution in [0.25, 0.3) is 0 Å². The maximum Gasteiger partial charge on any atom is 0.123 e. The van der Waals surface area contributed by atoms with Gasteiger partial charge in [-0.3, -0.25) is 0 Å². The van der Waals surface area contributed by atoms with Gasteiger partial charge in [0.25, 0.3) is 0 Å². The van der Waals surface area contributed by atoms with Crippen molar-refractivity contribution in [3.63, 3.8) is 0 Å². The molecule has 106 valence electrons. The molecule has 0 saturated heterocycles. The fourth-order valence-corrected chi connectivity index (χ4v) is 2.30.